The van der Waals surface area contributed by atoms with Crippen molar-refractivity contribution in [2.24, 2.45) is 0 Å². The van der Waals surface area contributed by atoms with E-state index < -0.39 is 0 Å². The molecule has 106 valence electrons. The van der Waals surface area contributed by atoms with Gasteiger partial charge in [0.05, 0.1) is 5.69 Å². The first kappa shape index (κ1) is 13.7. The third-order valence-electron chi connectivity index (χ3n) is 3.96. The van der Waals surface area contributed by atoms with Crippen LogP contribution in [0.25, 0.3) is 16.9 Å². The van der Waals surface area contributed by atoms with Crippen molar-refractivity contribution in [3.05, 3.63) is 78.0 Å². The Morgan fingerprint density at radius 1 is 0.762 bits per heavy atom. The highest BCUT2D eigenvalue weighted by atomic mass is 15.0. The number of hydrogen-bond donors (Lipinski definition) is 0. The van der Waals surface area contributed by atoms with Gasteiger partial charge in [-0.2, -0.15) is 0 Å². The second kappa shape index (κ2) is 5.61. The minimum atomic E-state index is 0.568. The van der Waals surface area contributed by atoms with Gasteiger partial charge in [0.1, 0.15) is 0 Å². The molecule has 21 heavy (non-hydrogen) atoms. The standard InChI is InChI=1S/C20H21N/c1-15(2)17-10-12-19(13-11-17)21-16(3)9-14-20(21)18-7-5-4-6-8-18/h4-15H,1-3H3. The molecule has 1 nitrogen and oxygen atoms in total. The monoisotopic (exact) mass is 275 g/mol. The van der Waals surface area contributed by atoms with Gasteiger partial charge in [0.2, 0.25) is 0 Å². The minimum Gasteiger partial charge on any atom is -0.314 e. The number of hydrogen-bond acceptors (Lipinski definition) is 0. The molecular formula is C20H21N. The summed E-state index contributed by atoms with van der Waals surface area (Å²) in [6.07, 6.45) is 0. The van der Waals surface area contributed by atoms with Gasteiger partial charge in [0.15, 0.2) is 0 Å². The highest BCUT2D eigenvalue weighted by molar-refractivity contribution is 5.64. The average Bonchev–Trinajstić information content (AvgIpc) is 2.90. The summed E-state index contributed by atoms with van der Waals surface area (Å²) in [5.74, 6) is 0.568. The number of nitrogens with zero attached hydrogens (tertiary/aromatic N) is 1. The molecule has 3 rings (SSSR count). The van der Waals surface area contributed by atoms with Crippen LogP contribution in [0.4, 0.5) is 0 Å². The van der Waals surface area contributed by atoms with E-state index in [0.717, 1.165) is 0 Å². The number of rotatable bonds is 3. The van der Waals surface area contributed by atoms with Gasteiger partial charge in [-0.05, 0) is 48.2 Å². The minimum absolute atomic E-state index is 0.568. The van der Waals surface area contributed by atoms with E-state index in [2.05, 4.69) is 92.1 Å². The predicted molar refractivity (Wildman–Crippen MR) is 90.0 cm³/mol. The Balaban J connectivity index is 2.08. The Bertz CT molecular complexity index is 718. The first-order valence-electron chi connectivity index (χ1n) is 7.51. The van der Waals surface area contributed by atoms with Crippen LogP contribution in [-0.4, -0.2) is 4.57 Å². The zero-order valence-corrected chi connectivity index (χ0v) is 12.9. The van der Waals surface area contributed by atoms with Crippen LogP contribution in [-0.2, 0) is 0 Å². The first-order valence-corrected chi connectivity index (χ1v) is 7.51. The second-order valence-corrected chi connectivity index (χ2v) is 5.81. The largest absolute Gasteiger partial charge is 0.314 e. The highest BCUT2D eigenvalue weighted by Gasteiger charge is 2.09. The molecule has 0 radical (unpaired) electrons. The van der Waals surface area contributed by atoms with Crippen LogP contribution >= 0.6 is 0 Å². The van der Waals surface area contributed by atoms with Crippen molar-refractivity contribution in [1.82, 2.24) is 4.57 Å². The maximum atomic E-state index is 2.32. The van der Waals surface area contributed by atoms with Crippen LogP contribution in [0.1, 0.15) is 31.0 Å². The van der Waals surface area contributed by atoms with Crippen molar-refractivity contribution < 1.29 is 0 Å². The predicted octanol–water partition coefficient (Wildman–Crippen LogP) is 5.58. The fraction of sp³-hybridized carbons (Fsp3) is 0.200. The van der Waals surface area contributed by atoms with Crippen LogP contribution in [0.2, 0.25) is 0 Å². The first-order chi connectivity index (χ1) is 10.2. The topological polar surface area (TPSA) is 4.93 Å². The molecule has 0 spiro atoms. The molecule has 0 aliphatic carbocycles. The van der Waals surface area contributed by atoms with Crippen molar-refractivity contribution in [2.45, 2.75) is 26.7 Å². The average molecular weight is 275 g/mol. The van der Waals surface area contributed by atoms with Crippen molar-refractivity contribution in [3.63, 3.8) is 0 Å². The summed E-state index contributed by atoms with van der Waals surface area (Å²) in [6.45, 7) is 6.61. The molecule has 0 fully saturated rings. The molecular weight excluding hydrogens is 254 g/mol. The zero-order valence-electron chi connectivity index (χ0n) is 12.9. The van der Waals surface area contributed by atoms with Gasteiger partial charge >= 0.3 is 0 Å². The molecule has 0 unspecified atom stereocenters. The Kier molecular flexibility index (Phi) is 3.66. The lowest BCUT2D eigenvalue weighted by Crippen LogP contribution is -1.99. The van der Waals surface area contributed by atoms with Gasteiger partial charge in [-0.15, -0.1) is 0 Å². The second-order valence-electron chi connectivity index (χ2n) is 5.81. The van der Waals surface area contributed by atoms with Crippen molar-refractivity contribution in [1.29, 1.82) is 0 Å². The van der Waals surface area contributed by atoms with Crippen LogP contribution in [0.5, 0.6) is 0 Å². The van der Waals surface area contributed by atoms with Crippen molar-refractivity contribution in [3.8, 4) is 16.9 Å². The smallest absolute Gasteiger partial charge is 0.0531 e. The molecule has 2 aromatic carbocycles. The molecule has 0 bridgehead atoms. The molecule has 1 aromatic heterocycles. The molecule has 0 atom stereocenters. The fourth-order valence-electron chi connectivity index (χ4n) is 2.72. The van der Waals surface area contributed by atoms with Crippen LogP contribution in [0.15, 0.2) is 66.7 Å². The van der Waals surface area contributed by atoms with Gasteiger partial charge < -0.3 is 4.57 Å². The van der Waals surface area contributed by atoms with Gasteiger partial charge in [-0.1, -0.05) is 56.3 Å². The zero-order chi connectivity index (χ0) is 14.8. The summed E-state index contributed by atoms with van der Waals surface area (Å²) in [7, 11) is 0. The molecule has 0 N–H and O–H groups in total. The summed E-state index contributed by atoms with van der Waals surface area (Å²) in [4.78, 5) is 0. The Morgan fingerprint density at radius 2 is 1.43 bits per heavy atom. The molecule has 0 saturated carbocycles. The lowest BCUT2D eigenvalue weighted by Gasteiger charge is -2.13. The van der Waals surface area contributed by atoms with Gasteiger partial charge in [-0.25, -0.2) is 0 Å². The van der Waals surface area contributed by atoms with Crippen LogP contribution in [0.3, 0.4) is 0 Å². The van der Waals surface area contributed by atoms with Crippen molar-refractivity contribution in [2.75, 3.05) is 0 Å². The van der Waals surface area contributed by atoms with Crippen LogP contribution in [0, 0.1) is 6.92 Å². The fourth-order valence-corrected chi connectivity index (χ4v) is 2.72. The maximum Gasteiger partial charge on any atom is 0.0531 e. The van der Waals surface area contributed by atoms with E-state index in [1.165, 1.54) is 28.2 Å². The molecule has 0 aliphatic heterocycles. The van der Waals surface area contributed by atoms with E-state index in [9.17, 15) is 0 Å². The third kappa shape index (κ3) is 2.64. The summed E-state index contributed by atoms with van der Waals surface area (Å²) in [5.41, 5.74) is 6.35. The Labute approximate surface area is 126 Å². The van der Waals surface area contributed by atoms with E-state index in [-0.39, 0.29) is 0 Å². The summed E-state index contributed by atoms with van der Waals surface area (Å²) < 4.78 is 2.32. The molecule has 1 heterocycles. The quantitative estimate of drug-likeness (QED) is 0.588. The highest BCUT2D eigenvalue weighted by Crippen LogP contribution is 2.27. The third-order valence-corrected chi connectivity index (χ3v) is 3.96. The number of aryl methyl sites for hydroxylation is 1. The normalized spacial score (nSPS) is 11.0. The molecule has 3 aromatic rings. The summed E-state index contributed by atoms with van der Waals surface area (Å²) in [6, 6.07) is 23.8. The molecule has 0 amide bonds. The Morgan fingerprint density at radius 3 is 2.05 bits per heavy atom. The van der Waals surface area contributed by atoms with Crippen molar-refractivity contribution >= 4 is 0 Å². The molecule has 1 heteroatoms. The molecule has 0 saturated heterocycles. The number of benzene rings is 2. The summed E-state index contributed by atoms with van der Waals surface area (Å²) >= 11 is 0. The van der Waals surface area contributed by atoms with Gasteiger partial charge in [0, 0.05) is 11.4 Å². The van der Waals surface area contributed by atoms with E-state index in [0.29, 0.717) is 5.92 Å². The van der Waals surface area contributed by atoms with Gasteiger partial charge in [-0.3, -0.25) is 0 Å². The summed E-state index contributed by atoms with van der Waals surface area (Å²) in [5, 5.41) is 0. The van der Waals surface area contributed by atoms with E-state index in [4.69, 9.17) is 0 Å². The lowest BCUT2D eigenvalue weighted by molar-refractivity contribution is 0.865. The number of aromatic nitrogens is 1. The maximum absolute atomic E-state index is 2.32. The van der Waals surface area contributed by atoms with Gasteiger partial charge in [0.25, 0.3) is 0 Å². The molecule has 0 aliphatic rings. The lowest BCUT2D eigenvalue weighted by atomic mass is 10.0. The van der Waals surface area contributed by atoms with Crippen LogP contribution < -0.4 is 0 Å². The van der Waals surface area contributed by atoms with E-state index in [1.54, 1.807) is 0 Å². The van der Waals surface area contributed by atoms with E-state index >= 15 is 0 Å². The van der Waals surface area contributed by atoms with E-state index in [1.807, 2.05) is 0 Å². The Hall–Kier alpha value is -2.28. The SMILES string of the molecule is Cc1ccc(-c2ccccc2)n1-c1ccc(C(C)C)cc1.